The zero-order chi connectivity index (χ0) is 19.3. The van der Waals surface area contributed by atoms with Crippen LogP contribution in [0.1, 0.15) is 5.56 Å². The van der Waals surface area contributed by atoms with Crippen LogP contribution in [0.2, 0.25) is 0 Å². The van der Waals surface area contributed by atoms with Gasteiger partial charge in [0.05, 0.1) is 16.3 Å². The first-order valence-electron chi connectivity index (χ1n) is 8.81. The van der Waals surface area contributed by atoms with E-state index in [-0.39, 0.29) is 5.91 Å². The van der Waals surface area contributed by atoms with Gasteiger partial charge in [-0.1, -0.05) is 48.5 Å². The van der Waals surface area contributed by atoms with Crippen molar-refractivity contribution >= 4 is 52.0 Å². The molecule has 0 bridgehead atoms. The lowest BCUT2D eigenvalue weighted by Crippen LogP contribution is -2.28. The smallest absolute Gasteiger partial charge is 0.268 e. The number of hydrogen-bond acceptors (Lipinski definition) is 4. The minimum Gasteiger partial charge on any atom is -0.268 e. The molecule has 1 amide bonds. The van der Waals surface area contributed by atoms with Gasteiger partial charge in [0.2, 0.25) is 0 Å². The monoisotopic (exact) mass is 402 g/mol. The normalized spacial score (nSPS) is 16.9. The molecule has 0 N–H and O–H groups in total. The Bertz CT molecular complexity index is 1030. The second kappa shape index (κ2) is 8.50. The minimum atomic E-state index is -0.0557. The Balaban J connectivity index is 1.73. The average Bonchev–Trinajstić information content (AvgIpc) is 3.04. The molecule has 3 nitrogen and oxygen atoms in total. The second-order valence-electron chi connectivity index (χ2n) is 6.09. The number of nitrogens with zero attached hydrogens (tertiary/aromatic N) is 2. The summed E-state index contributed by atoms with van der Waals surface area (Å²) in [6.45, 7) is 0. The van der Waals surface area contributed by atoms with Crippen molar-refractivity contribution in [1.82, 2.24) is 0 Å². The van der Waals surface area contributed by atoms with E-state index in [1.165, 1.54) is 16.7 Å². The van der Waals surface area contributed by atoms with Gasteiger partial charge in [-0.3, -0.25) is 9.69 Å². The second-order valence-corrected chi connectivity index (χ2v) is 7.98. The van der Waals surface area contributed by atoms with Gasteiger partial charge in [0.15, 0.2) is 5.17 Å². The zero-order valence-corrected chi connectivity index (χ0v) is 16.9. The van der Waals surface area contributed by atoms with E-state index in [0.29, 0.717) is 10.1 Å². The van der Waals surface area contributed by atoms with Crippen molar-refractivity contribution < 1.29 is 4.79 Å². The van der Waals surface area contributed by atoms with Gasteiger partial charge < -0.3 is 0 Å². The van der Waals surface area contributed by atoms with Crippen molar-refractivity contribution in [2.24, 2.45) is 4.99 Å². The quantitative estimate of drug-likeness (QED) is 0.384. The van der Waals surface area contributed by atoms with Crippen LogP contribution in [0.5, 0.6) is 0 Å². The number of carbonyl (C=O) groups is 1. The van der Waals surface area contributed by atoms with Crippen molar-refractivity contribution in [3.8, 4) is 0 Å². The SMILES string of the molecule is CSc1ccc(/C=C2\S/C(=N\c3ccccc3)N(c3ccccc3)C2=O)cc1. The molecule has 0 radical (unpaired) electrons. The number of amidine groups is 1. The molecule has 3 aromatic rings. The number of para-hydroxylation sites is 2. The summed E-state index contributed by atoms with van der Waals surface area (Å²) in [6.07, 6.45) is 3.98. The van der Waals surface area contributed by atoms with E-state index in [1.54, 1.807) is 16.7 Å². The number of anilines is 1. The molecule has 138 valence electrons. The first kappa shape index (κ1) is 18.6. The molecule has 0 saturated carbocycles. The summed E-state index contributed by atoms with van der Waals surface area (Å²) in [6, 6.07) is 27.5. The third-order valence-corrected chi connectivity index (χ3v) is 5.93. The van der Waals surface area contributed by atoms with Crippen LogP contribution in [0.25, 0.3) is 6.08 Å². The zero-order valence-electron chi connectivity index (χ0n) is 15.3. The topological polar surface area (TPSA) is 32.7 Å². The van der Waals surface area contributed by atoms with Crippen LogP contribution in [0.4, 0.5) is 11.4 Å². The van der Waals surface area contributed by atoms with E-state index in [2.05, 4.69) is 12.1 Å². The van der Waals surface area contributed by atoms with Crippen LogP contribution in [-0.4, -0.2) is 17.3 Å². The van der Waals surface area contributed by atoms with E-state index in [0.717, 1.165) is 16.9 Å². The number of benzene rings is 3. The number of aliphatic imine (C=N–C) groups is 1. The molecule has 0 aromatic heterocycles. The summed E-state index contributed by atoms with van der Waals surface area (Å²) in [5.74, 6) is -0.0557. The summed E-state index contributed by atoms with van der Waals surface area (Å²) in [5.41, 5.74) is 2.64. The third-order valence-electron chi connectivity index (χ3n) is 4.22. The largest absolute Gasteiger partial charge is 0.271 e. The Morgan fingerprint density at radius 2 is 1.54 bits per heavy atom. The molecular weight excluding hydrogens is 384 g/mol. The van der Waals surface area contributed by atoms with Crippen molar-refractivity contribution in [3.63, 3.8) is 0 Å². The van der Waals surface area contributed by atoms with Crippen LogP contribution >= 0.6 is 23.5 Å². The van der Waals surface area contributed by atoms with Gasteiger partial charge in [0, 0.05) is 4.90 Å². The van der Waals surface area contributed by atoms with E-state index in [9.17, 15) is 4.79 Å². The van der Waals surface area contributed by atoms with Gasteiger partial charge in [0.1, 0.15) is 0 Å². The Labute approximate surface area is 173 Å². The first-order chi connectivity index (χ1) is 13.7. The maximum Gasteiger partial charge on any atom is 0.271 e. The molecule has 1 aliphatic heterocycles. The van der Waals surface area contributed by atoms with Crippen molar-refractivity contribution in [3.05, 3.63) is 95.4 Å². The van der Waals surface area contributed by atoms with Gasteiger partial charge in [-0.05, 0) is 66.1 Å². The van der Waals surface area contributed by atoms with Crippen LogP contribution in [-0.2, 0) is 4.79 Å². The highest BCUT2D eigenvalue weighted by molar-refractivity contribution is 8.19. The number of rotatable bonds is 4. The maximum atomic E-state index is 13.2. The van der Waals surface area contributed by atoms with E-state index < -0.39 is 0 Å². The highest BCUT2D eigenvalue weighted by Gasteiger charge is 2.34. The van der Waals surface area contributed by atoms with Crippen molar-refractivity contribution in [1.29, 1.82) is 0 Å². The fourth-order valence-electron chi connectivity index (χ4n) is 2.82. The van der Waals surface area contributed by atoms with E-state index >= 15 is 0 Å². The molecule has 28 heavy (non-hydrogen) atoms. The first-order valence-corrected chi connectivity index (χ1v) is 10.9. The van der Waals surface area contributed by atoms with E-state index in [1.807, 2.05) is 85.1 Å². The summed E-state index contributed by atoms with van der Waals surface area (Å²) in [4.78, 5) is 21.5. The summed E-state index contributed by atoms with van der Waals surface area (Å²) >= 11 is 3.10. The van der Waals surface area contributed by atoms with E-state index in [4.69, 9.17) is 4.99 Å². The van der Waals surface area contributed by atoms with Crippen molar-refractivity contribution in [2.45, 2.75) is 4.90 Å². The van der Waals surface area contributed by atoms with Crippen LogP contribution < -0.4 is 4.90 Å². The molecular formula is C23H18N2OS2. The number of thioether (sulfide) groups is 2. The fourth-order valence-corrected chi connectivity index (χ4v) is 4.23. The van der Waals surface area contributed by atoms with Crippen LogP contribution in [0.3, 0.4) is 0 Å². The van der Waals surface area contributed by atoms with Crippen molar-refractivity contribution in [2.75, 3.05) is 11.2 Å². The molecule has 0 spiro atoms. The molecule has 5 heteroatoms. The Morgan fingerprint density at radius 1 is 0.893 bits per heavy atom. The van der Waals surface area contributed by atoms with Crippen LogP contribution in [0.15, 0.2) is 99.7 Å². The number of amides is 1. The lowest BCUT2D eigenvalue weighted by molar-refractivity contribution is -0.113. The Morgan fingerprint density at radius 3 is 2.18 bits per heavy atom. The number of carbonyl (C=O) groups excluding carboxylic acids is 1. The fraction of sp³-hybridized carbons (Fsp3) is 0.0435. The molecule has 1 aliphatic rings. The lowest BCUT2D eigenvalue weighted by atomic mass is 10.2. The molecule has 3 aromatic carbocycles. The van der Waals surface area contributed by atoms with Gasteiger partial charge in [0.25, 0.3) is 5.91 Å². The maximum absolute atomic E-state index is 13.2. The molecule has 0 aliphatic carbocycles. The predicted molar refractivity (Wildman–Crippen MR) is 121 cm³/mol. The Kier molecular flexibility index (Phi) is 5.65. The highest BCUT2D eigenvalue weighted by atomic mass is 32.2. The summed E-state index contributed by atoms with van der Waals surface area (Å²) in [7, 11) is 0. The lowest BCUT2D eigenvalue weighted by Gasteiger charge is -2.15. The molecule has 1 heterocycles. The van der Waals surface area contributed by atoms with Gasteiger partial charge in [-0.2, -0.15) is 0 Å². The minimum absolute atomic E-state index is 0.0557. The molecule has 4 rings (SSSR count). The van der Waals surface area contributed by atoms with Gasteiger partial charge in [-0.25, -0.2) is 4.99 Å². The summed E-state index contributed by atoms with van der Waals surface area (Å²) < 4.78 is 0. The molecule has 1 fully saturated rings. The molecule has 1 saturated heterocycles. The molecule has 0 unspecified atom stereocenters. The highest BCUT2D eigenvalue weighted by Crippen LogP contribution is 2.37. The van der Waals surface area contributed by atoms with Gasteiger partial charge in [-0.15, -0.1) is 11.8 Å². The van der Waals surface area contributed by atoms with Crippen LogP contribution in [0, 0.1) is 0 Å². The Hall–Kier alpha value is -2.76. The predicted octanol–water partition coefficient (Wildman–Crippen LogP) is 6.22. The summed E-state index contributed by atoms with van der Waals surface area (Å²) in [5, 5.41) is 0.661. The number of hydrogen-bond donors (Lipinski definition) is 0. The molecule has 0 atom stereocenters. The van der Waals surface area contributed by atoms with Gasteiger partial charge >= 0.3 is 0 Å². The third kappa shape index (κ3) is 4.06. The average molecular weight is 403 g/mol. The standard InChI is InChI=1S/C23H18N2OS2/c1-27-20-14-12-17(13-15-20)16-21-22(26)25(19-10-6-3-7-11-19)23(28-21)24-18-8-4-2-5-9-18/h2-16H,1H3/b21-16-,24-23-.